The molecule has 144 valence electrons. The van der Waals surface area contributed by atoms with Gasteiger partial charge in [0.25, 0.3) is 0 Å². The Morgan fingerprint density at radius 2 is 1.88 bits per heavy atom. The summed E-state index contributed by atoms with van der Waals surface area (Å²) in [5.41, 5.74) is -1.27. The molecule has 7 atom stereocenters. The van der Waals surface area contributed by atoms with Crippen molar-refractivity contribution in [2.75, 3.05) is 6.61 Å². The van der Waals surface area contributed by atoms with Gasteiger partial charge in [0.1, 0.15) is 12.2 Å². The van der Waals surface area contributed by atoms with Gasteiger partial charge in [-0.1, -0.05) is 13.8 Å². The number of ketones is 2. The van der Waals surface area contributed by atoms with Gasteiger partial charge in [0.15, 0.2) is 11.6 Å². The van der Waals surface area contributed by atoms with Crippen LogP contribution in [0.2, 0.25) is 0 Å². The van der Waals surface area contributed by atoms with E-state index in [4.69, 9.17) is 0 Å². The van der Waals surface area contributed by atoms with Crippen molar-refractivity contribution in [3.63, 3.8) is 0 Å². The second kappa shape index (κ2) is 5.73. The number of rotatable bonds is 2. The number of Topliss-reactive ketones (excluding diaryl/α,β-unsaturated/α-hetero) is 1. The van der Waals surface area contributed by atoms with E-state index in [1.807, 2.05) is 6.92 Å². The minimum absolute atomic E-state index is 0.111. The molecule has 3 saturated carbocycles. The molecule has 4 rings (SSSR count). The first-order chi connectivity index (χ1) is 12.2. The maximum atomic E-state index is 12.4. The van der Waals surface area contributed by atoms with Crippen molar-refractivity contribution in [2.45, 2.75) is 70.5 Å². The van der Waals surface area contributed by atoms with Crippen LogP contribution in [-0.2, 0) is 9.59 Å². The van der Waals surface area contributed by atoms with Gasteiger partial charge in [0.05, 0.1) is 6.10 Å². The molecular formula is C21H30O5. The first kappa shape index (κ1) is 18.3. The Balaban J connectivity index is 1.72. The van der Waals surface area contributed by atoms with Crippen LogP contribution in [0.1, 0.15) is 58.8 Å². The van der Waals surface area contributed by atoms with Gasteiger partial charge in [0, 0.05) is 11.8 Å². The molecule has 0 aromatic carbocycles. The number of aliphatic hydroxyl groups is 3. The minimum Gasteiger partial charge on any atom is -0.389 e. The molecule has 4 unspecified atom stereocenters. The van der Waals surface area contributed by atoms with E-state index >= 15 is 0 Å². The average molecular weight is 362 g/mol. The van der Waals surface area contributed by atoms with Gasteiger partial charge in [0.2, 0.25) is 0 Å². The van der Waals surface area contributed by atoms with Crippen LogP contribution in [0.15, 0.2) is 11.6 Å². The van der Waals surface area contributed by atoms with Crippen LogP contribution < -0.4 is 0 Å². The monoisotopic (exact) mass is 362 g/mol. The minimum atomic E-state index is -1.46. The zero-order chi connectivity index (χ0) is 18.9. The fourth-order valence-corrected chi connectivity index (χ4v) is 7.21. The second-order valence-corrected chi connectivity index (χ2v) is 9.55. The number of hydrogen-bond acceptors (Lipinski definition) is 5. The smallest absolute Gasteiger partial charge is 0.190 e. The molecule has 26 heavy (non-hydrogen) atoms. The summed E-state index contributed by atoms with van der Waals surface area (Å²) in [6, 6.07) is 0. The van der Waals surface area contributed by atoms with Crippen LogP contribution in [0.25, 0.3) is 0 Å². The summed E-state index contributed by atoms with van der Waals surface area (Å²) in [5, 5.41) is 31.4. The normalized spacial score (nSPS) is 50.5. The predicted octanol–water partition coefficient (Wildman–Crippen LogP) is 1.78. The van der Waals surface area contributed by atoms with Gasteiger partial charge in [-0.25, -0.2) is 0 Å². The van der Waals surface area contributed by atoms with E-state index in [2.05, 4.69) is 6.92 Å². The summed E-state index contributed by atoms with van der Waals surface area (Å²) in [4.78, 5) is 24.3. The van der Waals surface area contributed by atoms with E-state index in [9.17, 15) is 24.9 Å². The topological polar surface area (TPSA) is 94.8 Å². The maximum Gasteiger partial charge on any atom is 0.190 e. The molecule has 0 bridgehead atoms. The predicted molar refractivity (Wildman–Crippen MR) is 95.1 cm³/mol. The highest BCUT2D eigenvalue weighted by Crippen LogP contribution is 2.67. The Kier molecular flexibility index (Phi) is 4.04. The zero-order valence-electron chi connectivity index (χ0n) is 15.7. The van der Waals surface area contributed by atoms with Crippen LogP contribution in [0.4, 0.5) is 0 Å². The van der Waals surface area contributed by atoms with Crippen molar-refractivity contribution >= 4 is 11.6 Å². The summed E-state index contributed by atoms with van der Waals surface area (Å²) in [5.74, 6) is 0.411. The van der Waals surface area contributed by atoms with Crippen molar-refractivity contribution in [3.8, 4) is 0 Å². The standard InChI is InChI=1S/C21H30O5/c1-19-6-3-12(23)9-16(19)17(24)10-13-14(19)4-7-20(2)15(13)5-8-21(20,26)18(25)11-22/h9,13-15,17,22,24,26H,3-8,10-11H2,1-2H3/t13?,14?,15?,17?,19-,20+,21+/m1/s1. The van der Waals surface area contributed by atoms with Crippen molar-refractivity contribution in [1.82, 2.24) is 0 Å². The second-order valence-electron chi connectivity index (χ2n) is 9.55. The molecule has 0 aliphatic heterocycles. The summed E-state index contributed by atoms with van der Waals surface area (Å²) in [6.45, 7) is 3.56. The molecule has 0 amide bonds. The third kappa shape index (κ3) is 2.14. The van der Waals surface area contributed by atoms with Crippen molar-refractivity contribution in [1.29, 1.82) is 0 Å². The molecule has 4 aliphatic carbocycles. The fourth-order valence-electron chi connectivity index (χ4n) is 7.21. The molecule has 5 nitrogen and oxygen atoms in total. The van der Waals surface area contributed by atoms with Gasteiger partial charge >= 0.3 is 0 Å². The Hall–Kier alpha value is -1.04. The van der Waals surface area contributed by atoms with E-state index in [1.165, 1.54) is 0 Å². The molecule has 3 N–H and O–H groups in total. The molecule has 0 saturated heterocycles. The Morgan fingerprint density at radius 1 is 1.19 bits per heavy atom. The van der Waals surface area contributed by atoms with Gasteiger partial charge in [-0.2, -0.15) is 0 Å². The van der Waals surface area contributed by atoms with Crippen LogP contribution in [0, 0.1) is 28.6 Å². The molecule has 0 heterocycles. The lowest BCUT2D eigenvalue weighted by Gasteiger charge is -2.59. The maximum absolute atomic E-state index is 12.4. The van der Waals surface area contributed by atoms with E-state index in [-0.39, 0.29) is 23.0 Å². The lowest BCUT2D eigenvalue weighted by atomic mass is 9.45. The lowest BCUT2D eigenvalue weighted by molar-refractivity contribution is -0.166. The van der Waals surface area contributed by atoms with Crippen LogP contribution in [-0.4, -0.2) is 45.2 Å². The van der Waals surface area contributed by atoms with E-state index < -0.39 is 29.5 Å². The first-order valence-corrected chi connectivity index (χ1v) is 9.97. The van der Waals surface area contributed by atoms with Crippen LogP contribution in [0.3, 0.4) is 0 Å². The van der Waals surface area contributed by atoms with Gasteiger partial charge in [-0.15, -0.1) is 0 Å². The third-order valence-corrected chi connectivity index (χ3v) is 8.73. The largest absolute Gasteiger partial charge is 0.389 e. The lowest BCUT2D eigenvalue weighted by Crippen LogP contribution is -2.59. The number of fused-ring (bicyclic) bond motifs is 5. The highest BCUT2D eigenvalue weighted by atomic mass is 16.3. The Morgan fingerprint density at radius 3 is 2.58 bits per heavy atom. The summed E-state index contributed by atoms with van der Waals surface area (Å²) < 4.78 is 0. The molecular weight excluding hydrogens is 332 g/mol. The van der Waals surface area contributed by atoms with E-state index in [0.29, 0.717) is 25.2 Å². The highest BCUT2D eigenvalue weighted by Gasteiger charge is 2.66. The number of hydrogen-bond donors (Lipinski definition) is 3. The molecule has 5 heteroatoms. The summed E-state index contributed by atoms with van der Waals surface area (Å²) >= 11 is 0. The third-order valence-electron chi connectivity index (χ3n) is 8.73. The first-order valence-electron chi connectivity index (χ1n) is 9.97. The average Bonchev–Trinajstić information content (AvgIpc) is 2.88. The Bertz CT molecular complexity index is 684. The van der Waals surface area contributed by atoms with Gasteiger partial charge < -0.3 is 15.3 Å². The van der Waals surface area contributed by atoms with Gasteiger partial charge in [-0.3, -0.25) is 9.59 Å². The van der Waals surface area contributed by atoms with E-state index in [1.54, 1.807) is 6.08 Å². The number of carbonyl (C=O) groups excluding carboxylic acids is 2. The Labute approximate surface area is 154 Å². The SMILES string of the molecule is C[C@]12CCC(=O)C=C1C(O)CC1C2CC[C@@]2(C)C1CC[C@]2(O)C(=O)CO. The molecule has 4 aliphatic rings. The molecule has 3 fully saturated rings. The molecule has 0 spiro atoms. The van der Waals surface area contributed by atoms with Crippen molar-refractivity contribution in [3.05, 3.63) is 11.6 Å². The van der Waals surface area contributed by atoms with Crippen LogP contribution in [0.5, 0.6) is 0 Å². The molecule has 0 aromatic heterocycles. The fraction of sp³-hybridized carbons (Fsp3) is 0.810. The van der Waals surface area contributed by atoms with Gasteiger partial charge in [-0.05, 0) is 73.3 Å². The quantitative estimate of drug-likeness (QED) is 0.696. The van der Waals surface area contributed by atoms with E-state index in [0.717, 1.165) is 31.3 Å². The molecule has 0 aromatic rings. The zero-order valence-corrected chi connectivity index (χ0v) is 15.7. The summed E-state index contributed by atoms with van der Waals surface area (Å²) in [6.07, 6.45) is 5.74. The van der Waals surface area contributed by atoms with Crippen LogP contribution >= 0.6 is 0 Å². The highest BCUT2D eigenvalue weighted by molar-refractivity contribution is 5.92. The van der Waals surface area contributed by atoms with Crippen molar-refractivity contribution < 1.29 is 24.9 Å². The molecule has 0 radical (unpaired) electrons. The summed E-state index contributed by atoms with van der Waals surface area (Å²) in [7, 11) is 0. The number of carbonyl (C=O) groups is 2. The van der Waals surface area contributed by atoms with Crippen molar-refractivity contribution in [2.24, 2.45) is 28.6 Å². The number of aliphatic hydroxyl groups excluding tert-OH is 2.